The quantitative estimate of drug-likeness (QED) is 0.822. The number of amides is 1. The molecule has 0 spiro atoms. The third-order valence-corrected chi connectivity index (χ3v) is 3.50. The van der Waals surface area contributed by atoms with Gasteiger partial charge in [0.25, 0.3) is 12.3 Å². The zero-order valence-corrected chi connectivity index (χ0v) is 13.1. The van der Waals surface area contributed by atoms with E-state index in [1.165, 1.54) is 6.07 Å². The van der Waals surface area contributed by atoms with Gasteiger partial charge in [-0.05, 0) is 19.1 Å². The van der Waals surface area contributed by atoms with Crippen LogP contribution in [0.2, 0.25) is 0 Å². The average Bonchev–Trinajstić information content (AvgIpc) is 2.99. The molecule has 1 aromatic carbocycles. The van der Waals surface area contributed by atoms with Crippen LogP contribution in [0, 0.1) is 0 Å². The van der Waals surface area contributed by atoms with Crippen molar-refractivity contribution in [3.8, 4) is 5.75 Å². The Morgan fingerprint density at radius 3 is 3.04 bits per heavy atom. The third-order valence-electron chi connectivity index (χ3n) is 3.50. The van der Waals surface area contributed by atoms with E-state index >= 15 is 0 Å². The number of esters is 1. The number of hydrogen-bond acceptors (Lipinski definition) is 6. The van der Waals surface area contributed by atoms with E-state index in [0.717, 1.165) is 11.0 Å². The Morgan fingerprint density at radius 1 is 1.48 bits per heavy atom. The van der Waals surface area contributed by atoms with Crippen LogP contribution in [0.25, 0.3) is 0 Å². The summed E-state index contributed by atoms with van der Waals surface area (Å²) < 4.78 is 36.5. The number of anilines is 1. The lowest BCUT2D eigenvalue weighted by Crippen LogP contribution is -2.35. The number of ether oxygens (including phenoxy) is 2. The second-order valence-electron chi connectivity index (χ2n) is 5.26. The van der Waals surface area contributed by atoms with Crippen molar-refractivity contribution in [3.05, 3.63) is 35.9 Å². The number of carbonyl (C=O) groups is 2. The van der Waals surface area contributed by atoms with Crippen LogP contribution in [0.5, 0.6) is 5.75 Å². The van der Waals surface area contributed by atoms with Crippen molar-refractivity contribution in [1.82, 2.24) is 14.8 Å². The minimum Gasteiger partial charge on any atom is -0.478 e. The summed E-state index contributed by atoms with van der Waals surface area (Å²) in [7, 11) is 0. The number of carbonyl (C=O) groups excluding carboxylic acids is 2. The van der Waals surface area contributed by atoms with Crippen LogP contribution in [0.4, 0.5) is 14.5 Å². The van der Waals surface area contributed by atoms with E-state index in [0.29, 0.717) is 5.69 Å². The van der Waals surface area contributed by atoms with Crippen LogP contribution < -0.4 is 10.1 Å². The molecule has 1 N–H and O–H groups in total. The first-order chi connectivity index (χ1) is 12.0. The highest BCUT2D eigenvalue weighted by molar-refractivity contribution is 6.02. The molecule has 1 aliphatic rings. The lowest BCUT2D eigenvalue weighted by molar-refractivity contribution is -0.122. The van der Waals surface area contributed by atoms with E-state index in [-0.39, 0.29) is 29.7 Å². The van der Waals surface area contributed by atoms with Crippen molar-refractivity contribution in [3.63, 3.8) is 0 Å². The maximum atomic E-state index is 12.5. The summed E-state index contributed by atoms with van der Waals surface area (Å²) in [5, 5.41) is 6.28. The van der Waals surface area contributed by atoms with Gasteiger partial charge in [0.05, 0.1) is 5.69 Å². The van der Waals surface area contributed by atoms with Crippen LogP contribution in [-0.4, -0.2) is 39.2 Å². The summed E-state index contributed by atoms with van der Waals surface area (Å²) in [5.74, 6) is -0.750. The molecule has 0 bridgehead atoms. The first-order valence-electron chi connectivity index (χ1n) is 7.38. The van der Waals surface area contributed by atoms with E-state index in [4.69, 9.17) is 9.47 Å². The van der Waals surface area contributed by atoms with Gasteiger partial charge in [-0.3, -0.25) is 4.79 Å². The Balaban J connectivity index is 1.74. The van der Waals surface area contributed by atoms with Gasteiger partial charge in [-0.2, -0.15) is 5.10 Å². The number of nitrogens with zero attached hydrogens (tertiary/aromatic N) is 3. The molecule has 3 rings (SSSR count). The van der Waals surface area contributed by atoms with Crippen LogP contribution in [0.1, 0.15) is 23.1 Å². The van der Waals surface area contributed by atoms with Gasteiger partial charge in [0.1, 0.15) is 18.4 Å². The van der Waals surface area contributed by atoms with Crippen molar-refractivity contribution in [2.45, 2.75) is 32.6 Å². The fourth-order valence-corrected chi connectivity index (χ4v) is 2.28. The summed E-state index contributed by atoms with van der Waals surface area (Å²) in [6.45, 7) is 0.588. The number of para-hydroxylation sites is 1. The Hall–Kier alpha value is -3.04. The molecule has 1 atom stereocenters. The van der Waals surface area contributed by atoms with E-state index in [1.807, 2.05) is 0 Å². The lowest BCUT2D eigenvalue weighted by Gasteiger charge is -2.24. The first-order valence-corrected chi connectivity index (χ1v) is 7.38. The third kappa shape index (κ3) is 3.57. The van der Waals surface area contributed by atoms with Gasteiger partial charge < -0.3 is 14.8 Å². The molecule has 2 heterocycles. The maximum Gasteiger partial charge on any atom is 0.342 e. The number of halogens is 2. The molecule has 8 nitrogen and oxygen atoms in total. The molecule has 1 unspecified atom stereocenters. The van der Waals surface area contributed by atoms with Gasteiger partial charge in [0, 0.05) is 0 Å². The van der Waals surface area contributed by atoms with Crippen LogP contribution in [-0.2, 0) is 22.7 Å². The molecule has 1 amide bonds. The largest absolute Gasteiger partial charge is 0.478 e. The van der Waals surface area contributed by atoms with Crippen LogP contribution >= 0.6 is 0 Å². The number of nitrogens with one attached hydrogen (secondary N) is 1. The SMILES string of the molecule is CC1Oc2c(cccc2C(=O)OCc2ncnn2CC(F)F)NC1=O. The lowest BCUT2D eigenvalue weighted by atomic mass is 10.1. The molecule has 2 aromatic rings. The molecule has 0 saturated heterocycles. The Bertz CT molecular complexity index is 809. The number of alkyl halides is 2. The summed E-state index contributed by atoms with van der Waals surface area (Å²) in [5.41, 5.74) is 0.475. The highest BCUT2D eigenvalue weighted by atomic mass is 19.3. The van der Waals surface area contributed by atoms with Gasteiger partial charge >= 0.3 is 5.97 Å². The monoisotopic (exact) mass is 352 g/mol. The summed E-state index contributed by atoms with van der Waals surface area (Å²) >= 11 is 0. The number of rotatable bonds is 5. The fraction of sp³-hybridized carbons (Fsp3) is 0.333. The van der Waals surface area contributed by atoms with E-state index in [1.54, 1.807) is 19.1 Å². The minimum atomic E-state index is -2.60. The van der Waals surface area contributed by atoms with Gasteiger partial charge in [0.15, 0.2) is 24.3 Å². The molecule has 0 fully saturated rings. The molecule has 0 radical (unpaired) electrons. The van der Waals surface area contributed by atoms with Crippen molar-refractivity contribution in [2.24, 2.45) is 0 Å². The van der Waals surface area contributed by atoms with Crippen LogP contribution in [0.15, 0.2) is 24.5 Å². The van der Waals surface area contributed by atoms with Crippen molar-refractivity contribution in [1.29, 1.82) is 0 Å². The number of hydrogen-bond donors (Lipinski definition) is 1. The van der Waals surface area contributed by atoms with Gasteiger partial charge in [-0.1, -0.05) is 6.07 Å². The molecule has 0 aliphatic carbocycles. The number of fused-ring (bicyclic) bond motifs is 1. The summed E-state index contributed by atoms with van der Waals surface area (Å²) in [6, 6.07) is 4.64. The zero-order valence-electron chi connectivity index (χ0n) is 13.1. The Kier molecular flexibility index (Phi) is 4.59. The van der Waals surface area contributed by atoms with Gasteiger partial charge in [-0.15, -0.1) is 0 Å². The maximum absolute atomic E-state index is 12.5. The highest BCUT2D eigenvalue weighted by Crippen LogP contribution is 2.33. The van der Waals surface area contributed by atoms with Crippen molar-refractivity contribution >= 4 is 17.6 Å². The summed E-state index contributed by atoms with van der Waals surface area (Å²) in [6.07, 6.45) is -2.25. The Morgan fingerprint density at radius 2 is 2.28 bits per heavy atom. The molecular formula is C15H14F2N4O4. The molecular weight excluding hydrogens is 338 g/mol. The van der Waals surface area contributed by atoms with E-state index in [2.05, 4.69) is 15.4 Å². The molecule has 1 aromatic heterocycles. The van der Waals surface area contributed by atoms with Gasteiger partial charge in [-0.25, -0.2) is 23.2 Å². The van der Waals surface area contributed by atoms with E-state index in [9.17, 15) is 18.4 Å². The Labute approximate surface area is 140 Å². The smallest absolute Gasteiger partial charge is 0.342 e. The zero-order chi connectivity index (χ0) is 18.0. The second kappa shape index (κ2) is 6.83. The van der Waals surface area contributed by atoms with E-state index < -0.39 is 25.0 Å². The molecule has 132 valence electrons. The predicted molar refractivity (Wildman–Crippen MR) is 80.3 cm³/mol. The van der Waals surface area contributed by atoms with Crippen LogP contribution in [0.3, 0.4) is 0 Å². The van der Waals surface area contributed by atoms with Gasteiger partial charge in [0.2, 0.25) is 0 Å². The molecule has 25 heavy (non-hydrogen) atoms. The van der Waals surface area contributed by atoms with Crippen molar-refractivity contribution < 1.29 is 27.8 Å². The molecule has 10 heteroatoms. The first kappa shape index (κ1) is 16.8. The standard InChI is InChI=1S/C15H14F2N4O4/c1-8-14(22)20-10-4-2-3-9(13(10)25-8)15(23)24-6-12-18-7-19-21(12)5-11(16)17/h2-4,7-8,11H,5-6H2,1H3,(H,20,22). The summed E-state index contributed by atoms with van der Waals surface area (Å²) in [4.78, 5) is 27.7. The number of benzene rings is 1. The molecule has 0 saturated carbocycles. The average molecular weight is 352 g/mol. The second-order valence-corrected chi connectivity index (χ2v) is 5.26. The topological polar surface area (TPSA) is 95.3 Å². The number of aromatic nitrogens is 3. The normalized spacial score (nSPS) is 16.2. The van der Waals surface area contributed by atoms with Crippen molar-refractivity contribution in [2.75, 3.05) is 5.32 Å². The predicted octanol–water partition coefficient (Wildman–Crippen LogP) is 1.62. The highest BCUT2D eigenvalue weighted by Gasteiger charge is 2.28. The fourth-order valence-electron chi connectivity index (χ4n) is 2.28. The minimum absolute atomic E-state index is 0.0982. The molecule has 1 aliphatic heterocycles.